The molecule has 14 heavy (non-hydrogen) atoms. The van der Waals surface area contributed by atoms with Gasteiger partial charge in [-0.2, -0.15) is 0 Å². The van der Waals surface area contributed by atoms with Crippen molar-refractivity contribution in [3.63, 3.8) is 0 Å². The lowest BCUT2D eigenvalue weighted by Gasteiger charge is -2.02. The normalized spacial score (nSPS) is 9.50. The number of aliphatic carboxylic acids is 1. The highest BCUT2D eigenvalue weighted by Gasteiger charge is 1.97. The summed E-state index contributed by atoms with van der Waals surface area (Å²) in [6, 6.07) is 0. The molecule has 0 aromatic carbocycles. The maximum absolute atomic E-state index is 10.1. The highest BCUT2D eigenvalue weighted by atomic mass is 16.4. The molecule has 0 amide bonds. The summed E-state index contributed by atoms with van der Waals surface area (Å²) in [4.78, 5) is 10.1. The minimum absolute atomic E-state index is 0.331. The molecule has 0 aliphatic rings. The molecule has 0 unspecified atom stereocenters. The first kappa shape index (κ1) is 15.9. The summed E-state index contributed by atoms with van der Waals surface area (Å²) < 4.78 is 0. The molecule has 0 spiro atoms. The molecule has 0 aliphatic heterocycles. The summed E-state index contributed by atoms with van der Waals surface area (Å²) in [6.07, 6.45) is 5.87. The molecule has 0 saturated carbocycles. The second-order valence-corrected chi connectivity index (χ2v) is 4.09. The van der Waals surface area contributed by atoms with Gasteiger partial charge in [0.15, 0.2) is 0 Å². The monoisotopic (exact) mass is 202 g/mol. The van der Waals surface area contributed by atoms with E-state index in [1.54, 1.807) is 0 Å². The highest BCUT2D eigenvalue weighted by Crippen LogP contribution is 2.08. The fraction of sp³-hybridized carbons (Fsp3) is 0.917. The minimum atomic E-state index is -0.672. The molecule has 0 bridgehead atoms. The van der Waals surface area contributed by atoms with Gasteiger partial charge in [0.25, 0.3) is 0 Å². The Morgan fingerprint density at radius 1 is 1.14 bits per heavy atom. The fourth-order valence-corrected chi connectivity index (χ4v) is 1.01. The molecule has 0 radical (unpaired) electrons. The molecule has 1 N–H and O–H groups in total. The molecular formula is C12H26O2. The molecule has 0 aliphatic carbocycles. The van der Waals surface area contributed by atoms with Crippen molar-refractivity contribution in [1.29, 1.82) is 0 Å². The lowest BCUT2D eigenvalue weighted by molar-refractivity contribution is -0.137. The van der Waals surface area contributed by atoms with Crippen molar-refractivity contribution in [2.24, 2.45) is 5.92 Å². The number of unbranched alkanes of at least 4 members (excludes halogenated alkanes) is 2. The van der Waals surface area contributed by atoms with Gasteiger partial charge in [-0.15, -0.1) is 0 Å². The SMILES string of the molecule is CC(C)CCCCCC(=O)O.CCC. The topological polar surface area (TPSA) is 37.3 Å². The Hall–Kier alpha value is -0.530. The lowest BCUT2D eigenvalue weighted by atomic mass is 10.0. The van der Waals surface area contributed by atoms with Crippen LogP contribution in [0.3, 0.4) is 0 Å². The molecule has 0 aromatic heterocycles. The fourth-order valence-electron chi connectivity index (χ4n) is 1.01. The predicted molar refractivity (Wildman–Crippen MR) is 61.5 cm³/mol. The third-order valence-corrected chi connectivity index (χ3v) is 1.67. The van der Waals surface area contributed by atoms with Gasteiger partial charge >= 0.3 is 5.97 Å². The van der Waals surface area contributed by atoms with E-state index in [4.69, 9.17) is 5.11 Å². The van der Waals surface area contributed by atoms with Gasteiger partial charge in [0.1, 0.15) is 0 Å². The third-order valence-electron chi connectivity index (χ3n) is 1.67. The van der Waals surface area contributed by atoms with Crippen LogP contribution in [0.2, 0.25) is 0 Å². The van der Waals surface area contributed by atoms with E-state index in [9.17, 15) is 4.79 Å². The Morgan fingerprint density at radius 3 is 2.00 bits per heavy atom. The van der Waals surface area contributed by atoms with E-state index in [0.717, 1.165) is 18.8 Å². The zero-order valence-corrected chi connectivity index (χ0v) is 10.2. The van der Waals surface area contributed by atoms with Crippen LogP contribution < -0.4 is 0 Å². The van der Waals surface area contributed by atoms with Gasteiger partial charge in [-0.05, 0) is 12.3 Å². The maximum atomic E-state index is 10.1. The van der Waals surface area contributed by atoms with Gasteiger partial charge in [0.2, 0.25) is 0 Å². The Bertz CT molecular complexity index is 119. The number of carboxylic acid groups (broad SMARTS) is 1. The number of hydrogen-bond donors (Lipinski definition) is 1. The van der Waals surface area contributed by atoms with Crippen molar-refractivity contribution in [1.82, 2.24) is 0 Å². The van der Waals surface area contributed by atoms with Gasteiger partial charge in [0, 0.05) is 6.42 Å². The van der Waals surface area contributed by atoms with Crippen molar-refractivity contribution in [2.75, 3.05) is 0 Å². The number of carbonyl (C=O) groups is 1. The minimum Gasteiger partial charge on any atom is -0.481 e. The maximum Gasteiger partial charge on any atom is 0.303 e. The molecule has 0 aromatic rings. The van der Waals surface area contributed by atoms with Crippen LogP contribution in [0.25, 0.3) is 0 Å². The Labute approximate surface area is 88.7 Å². The zero-order valence-electron chi connectivity index (χ0n) is 10.2. The summed E-state index contributed by atoms with van der Waals surface area (Å²) in [5.74, 6) is 0.0781. The van der Waals surface area contributed by atoms with E-state index >= 15 is 0 Å². The molecule has 0 fully saturated rings. The zero-order chi connectivity index (χ0) is 11.4. The first-order valence-corrected chi connectivity index (χ1v) is 5.76. The van der Waals surface area contributed by atoms with E-state index < -0.39 is 5.97 Å². The standard InChI is InChI=1S/C9H18O2.C3H8/c1-8(2)6-4-3-5-7-9(10)11;1-3-2/h8H,3-7H2,1-2H3,(H,10,11);3H2,1-2H3. The van der Waals surface area contributed by atoms with Crippen LogP contribution in [0, 0.1) is 5.92 Å². The van der Waals surface area contributed by atoms with E-state index in [1.807, 2.05) is 0 Å². The van der Waals surface area contributed by atoms with Crippen LogP contribution in [0.5, 0.6) is 0 Å². The lowest BCUT2D eigenvalue weighted by Crippen LogP contribution is -1.94. The van der Waals surface area contributed by atoms with E-state index in [-0.39, 0.29) is 0 Å². The predicted octanol–water partition coefficient (Wildman–Crippen LogP) is 4.09. The van der Waals surface area contributed by atoms with Crippen molar-refractivity contribution >= 4 is 5.97 Å². The average Bonchev–Trinajstić information content (AvgIpc) is 2.04. The molecule has 86 valence electrons. The van der Waals surface area contributed by atoms with Gasteiger partial charge in [-0.1, -0.05) is 53.4 Å². The van der Waals surface area contributed by atoms with Gasteiger partial charge in [-0.25, -0.2) is 0 Å². The van der Waals surface area contributed by atoms with Crippen LogP contribution in [0.1, 0.15) is 66.2 Å². The Kier molecular flexibility index (Phi) is 14.2. The van der Waals surface area contributed by atoms with E-state index in [2.05, 4.69) is 27.7 Å². The Balaban J connectivity index is 0. The first-order valence-electron chi connectivity index (χ1n) is 5.76. The van der Waals surface area contributed by atoms with Gasteiger partial charge in [0.05, 0.1) is 0 Å². The molecule has 2 nitrogen and oxygen atoms in total. The summed E-state index contributed by atoms with van der Waals surface area (Å²) >= 11 is 0. The molecule has 0 atom stereocenters. The van der Waals surface area contributed by atoms with Gasteiger partial charge in [-0.3, -0.25) is 4.79 Å². The quantitative estimate of drug-likeness (QED) is 0.658. The summed E-state index contributed by atoms with van der Waals surface area (Å²) in [7, 11) is 0. The largest absolute Gasteiger partial charge is 0.481 e. The second kappa shape index (κ2) is 12.5. The van der Waals surface area contributed by atoms with Crippen LogP contribution in [0.4, 0.5) is 0 Å². The van der Waals surface area contributed by atoms with Crippen molar-refractivity contribution in [2.45, 2.75) is 66.2 Å². The van der Waals surface area contributed by atoms with Gasteiger partial charge < -0.3 is 5.11 Å². The molecule has 0 saturated heterocycles. The summed E-state index contributed by atoms with van der Waals surface area (Å²) in [5, 5.41) is 8.32. The highest BCUT2D eigenvalue weighted by molar-refractivity contribution is 5.66. The van der Waals surface area contributed by atoms with Crippen LogP contribution in [-0.2, 0) is 4.79 Å². The van der Waals surface area contributed by atoms with E-state index in [0.29, 0.717) is 6.42 Å². The van der Waals surface area contributed by atoms with Crippen molar-refractivity contribution in [3.05, 3.63) is 0 Å². The number of hydrogen-bond acceptors (Lipinski definition) is 1. The Morgan fingerprint density at radius 2 is 1.64 bits per heavy atom. The first-order chi connectivity index (χ1) is 6.54. The molecule has 2 heteroatoms. The molecule has 0 rings (SSSR count). The van der Waals surface area contributed by atoms with E-state index in [1.165, 1.54) is 19.3 Å². The van der Waals surface area contributed by atoms with Crippen molar-refractivity contribution < 1.29 is 9.90 Å². The molecular weight excluding hydrogens is 176 g/mol. The summed E-state index contributed by atoms with van der Waals surface area (Å²) in [6.45, 7) is 8.63. The van der Waals surface area contributed by atoms with Crippen LogP contribution in [-0.4, -0.2) is 11.1 Å². The van der Waals surface area contributed by atoms with Crippen molar-refractivity contribution in [3.8, 4) is 0 Å². The van der Waals surface area contributed by atoms with Crippen LogP contribution in [0.15, 0.2) is 0 Å². The third kappa shape index (κ3) is 22.5. The second-order valence-electron chi connectivity index (χ2n) is 4.09. The smallest absolute Gasteiger partial charge is 0.303 e. The average molecular weight is 202 g/mol. The number of rotatable bonds is 6. The number of carboxylic acids is 1. The molecule has 0 heterocycles. The van der Waals surface area contributed by atoms with Crippen LogP contribution >= 0.6 is 0 Å². The summed E-state index contributed by atoms with van der Waals surface area (Å²) in [5.41, 5.74) is 0.